The second-order valence-electron chi connectivity index (χ2n) is 6.58. The van der Waals surface area contributed by atoms with Gasteiger partial charge in [-0.1, -0.05) is 44.2 Å². The first-order valence-corrected chi connectivity index (χ1v) is 9.44. The van der Waals surface area contributed by atoms with Gasteiger partial charge in [0.1, 0.15) is 5.69 Å². The third kappa shape index (κ3) is 4.46. The molecular weight excluding hydrogens is 344 g/mol. The maximum absolute atomic E-state index is 12.3. The number of hydrazone groups is 1. The van der Waals surface area contributed by atoms with Crippen molar-refractivity contribution in [3.63, 3.8) is 0 Å². The Kier molecular flexibility index (Phi) is 5.63. The van der Waals surface area contributed by atoms with E-state index in [9.17, 15) is 4.79 Å². The zero-order chi connectivity index (χ0) is 18.5. The summed E-state index contributed by atoms with van der Waals surface area (Å²) in [6, 6.07) is 13.9. The number of carbonyl (C=O) groups is 1. The first kappa shape index (κ1) is 18.1. The van der Waals surface area contributed by atoms with Gasteiger partial charge in [-0.3, -0.25) is 9.89 Å². The maximum Gasteiger partial charge on any atom is 0.289 e. The SMILES string of the molecule is C/C(=N/NC(=O)c1cc(-c2ccc(CC(C)C)cc2)n[nH]1)c1cccs1. The second kappa shape index (κ2) is 8.10. The molecule has 0 aliphatic heterocycles. The molecule has 0 saturated heterocycles. The third-order valence-electron chi connectivity index (χ3n) is 3.92. The van der Waals surface area contributed by atoms with Crippen LogP contribution in [-0.2, 0) is 6.42 Å². The highest BCUT2D eigenvalue weighted by molar-refractivity contribution is 7.12. The molecule has 2 N–H and O–H groups in total. The lowest BCUT2D eigenvalue weighted by atomic mass is 10.0. The molecule has 0 aliphatic rings. The van der Waals surface area contributed by atoms with Crippen molar-refractivity contribution in [2.24, 2.45) is 11.0 Å². The highest BCUT2D eigenvalue weighted by Crippen LogP contribution is 2.19. The van der Waals surface area contributed by atoms with Gasteiger partial charge in [-0.05, 0) is 42.3 Å². The number of hydrogen-bond donors (Lipinski definition) is 2. The molecule has 0 aliphatic carbocycles. The lowest BCUT2D eigenvalue weighted by molar-refractivity contribution is 0.0950. The van der Waals surface area contributed by atoms with Gasteiger partial charge < -0.3 is 0 Å². The molecule has 26 heavy (non-hydrogen) atoms. The summed E-state index contributed by atoms with van der Waals surface area (Å²) >= 11 is 1.58. The summed E-state index contributed by atoms with van der Waals surface area (Å²) in [5, 5.41) is 13.1. The minimum Gasteiger partial charge on any atom is -0.272 e. The van der Waals surface area contributed by atoms with Gasteiger partial charge in [-0.2, -0.15) is 10.2 Å². The molecule has 0 saturated carbocycles. The Morgan fingerprint density at radius 3 is 2.69 bits per heavy atom. The second-order valence-corrected chi connectivity index (χ2v) is 7.52. The Labute approximate surface area is 157 Å². The topological polar surface area (TPSA) is 70.1 Å². The predicted molar refractivity (Wildman–Crippen MR) is 107 cm³/mol. The van der Waals surface area contributed by atoms with Crippen LogP contribution in [0.25, 0.3) is 11.3 Å². The summed E-state index contributed by atoms with van der Waals surface area (Å²) < 4.78 is 0. The number of rotatable bonds is 6. The summed E-state index contributed by atoms with van der Waals surface area (Å²) in [4.78, 5) is 13.3. The molecule has 3 aromatic rings. The summed E-state index contributed by atoms with van der Waals surface area (Å²) in [6.45, 7) is 6.27. The van der Waals surface area contributed by atoms with Gasteiger partial charge in [-0.25, -0.2) is 5.43 Å². The van der Waals surface area contributed by atoms with Crippen LogP contribution in [0.2, 0.25) is 0 Å². The van der Waals surface area contributed by atoms with E-state index >= 15 is 0 Å². The van der Waals surface area contributed by atoms with Gasteiger partial charge in [0.2, 0.25) is 0 Å². The van der Waals surface area contributed by atoms with E-state index in [-0.39, 0.29) is 5.91 Å². The molecule has 1 amide bonds. The van der Waals surface area contributed by atoms with Crippen molar-refractivity contribution < 1.29 is 4.79 Å². The number of amides is 1. The molecule has 2 heterocycles. The van der Waals surface area contributed by atoms with Crippen LogP contribution in [-0.4, -0.2) is 21.8 Å². The summed E-state index contributed by atoms with van der Waals surface area (Å²) in [5.74, 6) is 0.316. The molecule has 0 spiro atoms. The van der Waals surface area contributed by atoms with E-state index in [1.165, 1.54) is 5.56 Å². The maximum atomic E-state index is 12.3. The fraction of sp³-hybridized carbons (Fsp3) is 0.250. The van der Waals surface area contributed by atoms with E-state index in [0.717, 1.165) is 28.3 Å². The molecule has 2 aromatic heterocycles. The molecule has 0 unspecified atom stereocenters. The summed E-state index contributed by atoms with van der Waals surface area (Å²) in [7, 11) is 0. The van der Waals surface area contributed by atoms with Gasteiger partial charge >= 0.3 is 0 Å². The Hall–Kier alpha value is -2.73. The molecule has 0 radical (unpaired) electrons. The van der Waals surface area contributed by atoms with Crippen molar-refractivity contribution in [1.29, 1.82) is 0 Å². The van der Waals surface area contributed by atoms with Crippen LogP contribution in [0.3, 0.4) is 0 Å². The van der Waals surface area contributed by atoms with Crippen LogP contribution >= 0.6 is 11.3 Å². The first-order chi connectivity index (χ1) is 12.5. The van der Waals surface area contributed by atoms with E-state index in [1.54, 1.807) is 17.4 Å². The first-order valence-electron chi connectivity index (χ1n) is 8.56. The van der Waals surface area contributed by atoms with E-state index < -0.39 is 0 Å². The normalized spacial score (nSPS) is 11.8. The number of benzene rings is 1. The van der Waals surface area contributed by atoms with Crippen molar-refractivity contribution in [2.45, 2.75) is 27.2 Å². The zero-order valence-corrected chi connectivity index (χ0v) is 15.9. The molecule has 134 valence electrons. The summed E-state index contributed by atoms with van der Waals surface area (Å²) in [6.07, 6.45) is 1.05. The van der Waals surface area contributed by atoms with Crippen LogP contribution in [0.15, 0.2) is 52.9 Å². The minimum absolute atomic E-state index is 0.309. The van der Waals surface area contributed by atoms with Gasteiger partial charge in [0.15, 0.2) is 0 Å². The number of nitrogens with one attached hydrogen (secondary N) is 2. The number of H-pyrrole nitrogens is 1. The summed E-state index contributed by atoms with van der Waals surface area (Å²) in [5.41, 5.74) is 6.74. The zero-order valence-electron chi connectivity index (χ0n) is 15.1. The Bertz CT molecular complexity index is 892. The predicted octanol–water partition coefficient (Wildman–Crippen LogP) is 4.49. The van der Waals surface area contributed by atoms with Crippen molar-refractivity contribution in [1.82, 2.24) is 15.6 Å². The van der Waals surface area contributed by atoms with E-state index in [1.807, 2.05) is 36.6 Å². The van der Waals surface area contributed by atoms with E-state index in [2.05, 4.69) is 46.7 Å². The van der Waals surface area contributed by atoms with Gasteiger partial charge in [-0.15, -0.1) is 11.3 Å². The lowest BCUT2D eigenvalue weighted by Gasteiger charge is -2.05. The molecule has 6 heteroatoms. The Morgan fingerprint density at radius 2 is 2.04 bits per heavy atom. The van der Waals surface area contributed by atoms with Crippen molar-refractivity contribution in [3.8, 4) is 11.3 Å². The Morgan fingerprint density at radius 1 is 1.27 bits per heavy atom. The van der Waals surface area contributed by atoms with Crippen molar-refractivity contribution >= 4 is 23.0 Å². The molecule has 5 nitrogen and oxygen atoms in total. The fourth-order valence-electron chi connectivity index (χ4n) is 2.60. The Balaban J connectivity index is 1.67. The van der Waals surface area contributed by atoms with Crippen molar-refractivity contribution in [2.75, 3.05) is 0 Å². The van der Waals surface area contributed by atoms with Crippen LogP contribution in [0.4, 0.5) is 0 Å². The van der Waals surface area contributed by atoms with Crippen LogP contribution in [0.5, 0.6) is 0 Å². The quantitative estimate of drug-likeness (QED) is 0.498. The van der Waals surface area contributed by atoms with Crippen LogP contribution in [0.1, 0.15) is 41.7 Å². The number of hydrogen-bond acceptors (Lipinski definition) is 4. The molecule has 1 aromatic carbocycles. The molecule has 0 bridgehead atoms. The smallest absolute Gasteiger partial charge is 0.272 e. The number of aromatic amines is 1. The number of nitrogens with zero attached hydrogens (tertiary/aromatic N) is 2. The fourth-order valence-corrected chi connectivity index (χ4v) is 3.28. The average molecular weight is 366 g/mol. The third-order valence-corrected chi connectivity index (χ3v) is 4.90. The standard InChI is InChI=1S/C20H22N4OS/c1-13(2)11-15-6-8-16(9-7-15)17-12-18(23-22-17)20(25)24-21-14(3)19-5-4-10-26-19/h4-10,12-13H,11H2,1-3H3,(H,22,23)(H,24,25)/b21-14-. The largest absolute Gasteiger partial charge is 0.289 e. The monoisotopic (exact) mass is 366 g/mol. The van der Waals surface area contributed by atoms with E-state index in [4.69, 9.17) is 0 Å². The van der Waals surface area contributed by atoms with Gasteiger partial charge in [0, 0.05) is 10.4 Å². The number of thiophene rings is 1. The highest BCUT2D eigenvalue weighted by Gasteiger charge is 2.11. The average Bonchev–Trinajstić information content (AvgIpc) is 3.31. The van der Waals surface area contributed by atoms with Crippen molar-refractivity contribution in [3.05, 3.63) is 64.0 Å². The minimum atomic E-state index is -0.309. The number of carbonyl (C=O) groups excluding carboxylic acids is 1. The molecule has 0 atom stereocenters. The van der Waals surface area contributed by atoms with Gasteiger partial charge in [0.05, 0.1) is 11.4 Å². The van der Waals surface area contributed by atoms with E-state index in [0.29, 0.717) is 11.6 Å². The van der Waals surface area contributed by atoms with Crippen LogP contribution < -0.4 is 5.43 Å². The molecule has 3 rings (SSSR count). The molecular formula is C20H22N4OS. The van der Waals surface area contributed by atoms with Crippen LogP contribution in [0, 0.1) is 5.92 Å². The lowest BCUT2D eigenvalue weighted by Crippen LogP contribution is -2.19. The van der Waals surface area contributed by atoms with Gasteiger partial charge in [0.25, 0.3) is 5.91 Å². The number of aromatic nitrogens is 2. The molecule has 0 fully saturated rings. The highest BCUT2D eigenvalue weighted by atomic mass is 32.1.